The first-order valence-electron chi connectivity index (χ1n) is 6.04. The van der Waals surface area contributed by atoms with Gasteiger partial charge in [0.15, 0.2) is 0 Å². The van der Waals surface area contributed by atoms with Crippen LogP contribution in [0.5, 0.6) is 5.75 Å². The molecule has 0 aliphatic heterocycles. The zero-order valence-corrected chi connectivity index (χ0v) is 11.0. The van der Waals surface area contributed by atoms with E-state index in [0.717, 1.165) is 5.56 Å². The minimum atomic E-state index is -0.0984. The van der Waals surface area contributed by atoms with Crippen LogP contribution < -0.4 is 0 Å². The number of phenols is 1. The Balaban J connectivity index is 2.93. The zero-order chi connectivity index (χ0) is 13.0. The lowest BCUT2D eigenvalue weighted by Gasteiger charge is -2.23. The van der Waals surface area contributed by atoms with Crippen molar-refractivity contribution in [3.8, 4) is 5.75 Å². The lowest BCUT2D eigenvalue weighted by atomic mass is 10.1. The average Bonchev–Trinajstić information content (AvgIpc) is 2.24. The van der Waals surface area contributed by atoms with E-state index in [4.69, 9.17) is 0 Å². The Kier molecular flexibility index (Phi) is 4.55. The first-order chi connectivity index (χ1) is 7.95. The number of benzene rings is 1. The van der Waals surface area contributed by atoms with E-state index in [1.165, 1.54) is 0 Å². The molecule has 3 nitrogen and oxygen atoms in total. The van der Waals surface area contributed by atoms with Crippen molar-refractivity contribution >= 4 is 5.91 Å². The lowest BCUT2D eigenvalue weighted by molar-refractivity contribution is 0.0742. The molecule has 0 saturated heterocycles. The van der Waals surface area contributed by atoms with Crippen molar-refractivity contribution in [3.05, 3.63) is 29.3 Å². The number of hydrogen-bond acceptors (Lipinski definition) is 2. The Morgan fingerprint density at radius 1 is 1.41 bits per heavy atom. The quantitative estimate of drug-likeness (QED) is 0.871. The van der Waals surface area contributed by atoms with Crippen LogP contribution in [-0.4, -0.2) is 29.0 Å². The van der Waals surface area contributed by atoms with E-state index in [1.54, 1.807) is 17.0 Å². The zero-order valence-electron chi connectivity index (χ0n) is 11.0. The summed E-state index contributed by atoms with van der Waals surface area (Å²) in [6.07, 6.45) is 0. The molecule has 0 radical (unpaired) electrons. The van der Waals surface area contributed by atoms with Crippen LogP contribution in [0.2, 0.25) is 0 Å². The Hall–Kier alpha value is -1.51. The van der Waals surface area contributed by atoms with E-state index in [2.05, 4.69) is 13.8 Å². The van der Waals surface area contributed by atoms with Crippen LogP contribution >= 0.6 is 0 Å². The Morgan fingerprint density at radius 3 is 2.53 bits per heavy atom. The predicted octanol–water partition coefficient (Wildman–Crippen LogP) is 2.82. The van der Waals surface area contributed by atoms with Crippen molar-refractivity contribution < 1.29 is 9.90 Å². The molecule has 0 spiro atoms. The van der Waals surface area contributed by atoms with E-state index in [1.807, 2.05) is 19.9 Å². The van der Waals surface area contributed by atoms with Crippen LogP contribution in [0.4, 0.5) is 0 Å². The van der Waals surface area contributed by atoms with Crippen LogP contribution in [-0.2, 0) is 0 Å². The highest BCUT2D eigenvalue weighted by Gasteiger charge is 2.18. The van der Waals surface area contributed by atoms with E-state index in [9.17, 15) is 9.90 Å². The largest absolute Gasteiger partial charge is 0.507 e. The van der Waals surface area contributed by atoms with Gasteiger partial charge < -0.3 is 10.0 Å². The fourth-order valence-electron chi connectivity index (χ4n) is 1.79. The van der Waals surface area contributed by atoms with E-state index in [0.29, 0.717) is 24.6 Å². The van der Waals surface area contributed by atoms with Gasteiger partial charge in [0.05, 0.1) is 5.56 Å². The third-order valence-electron chi connectivity index (χ3n) is 2.64. The van der Waals surface area contributed by atoms with Gasteiger partial charge in [-0.2, -0.15) is 0 Å². The fraction of sp³-hybridized carbons (Fsp3) is 0.500. The lowest BCUT2D eigenvalue weighted by Crippen LogP contribution is -2.34. The second kappa shape index (κ2) is 5.71. The summed E-state index contributed by atoms with van der Waals surface area (Å²) in [6, 6.07) is 5.16. The standard InChI is InChI=1S/C14H21NO2/c1-5-15(9-10(2)3)14(17)12-7-6-11(4)8-13(12)16/h6-8,10,16H,5,9H2,1-4H3. The van der Waals surface area contributed by atoms with Crippen molar-refractivity contribution in [2.75, 3.05) is 13.1 Å². The number of aromatic hydroxyl groups is 1. The van der Waals surface area contributed by atoms with Crippen LogP contribution in [0, 0.1) is 12.8 Å². The number of carbonyl (C=O) groups is 1. The summed E-state index contributed by atoms with van der Waals surface area (Å²) in [5.74, 6) is 0.391. The molecule has 0 atom stereocenters. The van der Waals surface area contributed by atoms with Gasteiger partial charge in [0.1, 0.15) is 5.75 Å². The van der Waals surface area contributed by atoms with Gasteiger partial charge in [-0.05, 0) is 37.5 Å². The summed E-state index contributed by atoms with van der Waals surface area (Å²) in [4.78, 5) is 14.0. The van der Waals surface area contributed by atoms with E-state index >= 15 is 0 Å². The average molecular weight is 235 g/mol. The molecule has 94 valence electrons. The normalized spacial score (nSPS) is 10.6. The van der Waals surface area contributed by atoms with Crippen LogP contribution in [0.1, 0.15) is 36.7 Å². The van der Waals surface area contributed by atoms with Gasteiger partial charge in [-0.1, -0.05) is 19.9 Å². The molecule has 0 aliphatic carbocycles. The molecular weight excluding hydrogens is 214 g/mol. The van der Waals surface area contributed by atoms with Crippen molar-refractivity contribution in [1.82, 2.24) is 4.90 Å². The fourth-order valence-corrected chi connectivity index (χ4v) is 1.79. The molecule has 0 fully saturated rings. The molecule has 0 aliphatic rings. The third-order valence-corrected chi connectivity index (χ3v) is 2.64. The van der Waals surface area contributed by atoms with Crippen molar-refractivity contribution in [2.45, 2.75) is 27.7 Å². The summed E-state index contributed by atoms with van der Waals surface area (Å²) in [6.45, 7) is 9.36. The molecule has 1 aromatic carbocycles. The maximum atomic E-state index is 12.2. The van der Waals surface area contributed by atoms with Gasteiger partial charge >= 0.3 is 0 Å². The highest BCUT2D eigenvalue weighted by molar-refractivity contribution is 5.96. The second-order valence-electron chi connectivity index (χ2n) is 4.76. The topological polar surface area (TPSA) is 40.5 Å². The molecule has 0 aromatic heterocycles. The predicted molar refractivity (Wildman–Crippen MR) is 69.3 cm³/mol. The molecular formula is C14H21NO2. The number of carbonyl (C=O) groups excluding carboxylic acids is 1. The first-order valence-corrected chi connectivity index (χ1v) is 6.04. The second-order valence-corrected chi connectivity index (χ2v) is 4.76. The van der Waals surface area contributed by atoms with Gasteiger partial charge in [-0.15, -0.1) is 0 Å². The van der Waals surface area contributed by atoms with Crippen LogP contribution in [0.15, 0.2) is 18.2 Å². The van der Waals surface area contributed by atoms with Crippen LogP contribution in [0.3, 0.4) is 0 Å². The molecule has 0 saturated carbocycles. The number of phenolic OH excluding ortho intramolecular Hbond substituents is 1. The van der Waals surface area contributed by atoms with Crippen molar-refractivity contribution in [3.63, 3.8) is 0 Å². The van der Waals surface area contributed by atoms with E-state index < -0.39 is 0 Å². The number of rotatable bonds is 4. The number of aryl methyl sites for hydroxylation is 1. The first kappa shape index (κ1) is 13.6. The van der Waals surface area contributed by atoms with Gasteiger partial charge in [0, 0.05) is 13.1 Å². The number of hydrogen-bond donors (Lipinski definition) is 1. The van der Waals surface area contributed by atoms with Crippen molar-refractivity contribution in [1.29, 1.82) is 0 Å². The molecule has 1 amide bonds. The molecule has 0 unspecified atom stereocenters. The number of nitrogens with zero attached hydrogens (tertiary/aromatic N) is 1. The molecule has 0 heterocycles. The maximum absolute atomic E-state index is 12.2. The van der Waals surface area contributed by atoms with E-state index in [-0.39, 0.29) is 11.7 Å². The Morgan fingerprint density at radius 2 is 2.06 bits per heavy atom. The third kappa shape index (κ3) is 3.48. The monoisotopic (exact) mass is 235 g/mol. The van der Waals surface area contributed by atoms with Gasteiger partial charge in [0.25, 0.3) is 5.91 Å². The Bertz CT molecular complexity index is 399. The smallest absolute Gasteiger partial charge is 0.257 e. The summed E-state index contributed by atoms with van der Waals surface area (Å²) in [5.41, 5.74) is 1.34. The minimum absolute atomic E-state index is 0.0669. The van der Waals surface area contributed by atoms with Gasteiger partial charge in [-0.25, -0.2) is 0 Å². The molecule has 1 N–H and O–H groups in total. The number of amides is 1. The van der Waals surface area contributed by atoms with Crippen molar-refractivity contribution in [2.24, 2.45) is 5.92 Å². The minimum Gasteiger partial charge on any atom is -0.507 e. The van der Waals surface area contributed by atoms with Crippen LogP contribution in [0.25, 0.3) is 0 Å². The van der Waals surface area contributed by atoms with Gasteiger partial charge in [0.2, 0.25) is 0 Å². The highest BCUT2D eigenvalue weighted by Crippen LogP contribution is 2.20. The molecule has 3 heteroatoms. The summed E-state index contributed by atoms with van der Waals surface area (Å²) < 4.78 is 0. The Labute approximate surface area is 103 Å². The maximum Gasteiger partial charge on any atom is 0.257 e. The molecule has 1 aromatic rings. The summed E-state index contributed by atoms with van der Waals surface area (Å²) in [5, 5.41) is 9.79. The molecule has 1 rings (SSSR count). The van der Waals surface area contributed by atoms with Gasteiger partial charge in [-0.3, -0.25) is 4.79 Å². The molecule has 0 bridgehead atoms. The molecule has 17 heavy (non-hydrogen) atoms. The summed E-state index contributed by atoms with van der Waals surface area (Å²) in [7, 11) is 0. The summed E-state index contributed by atoms with van der Waals surface area (Å²) >= 11 is 0. The highest BCUT2D eigenvalue weighted by atomic mass is 16.3. The SMILES string of the molecule is CCN(CC(C)C)C(=O)c1ccc(C)cc1O.